The lowest BCUT2D eigenvalue weighted by Gasteiger charge is -2.26. The van der Waals surface area contributed by atoms with Gasteiger partial charge in [0.05, 0.1) is 34.4 Å². The van der Waals surface area contributed by atoms with Gasteiger partial charge in [0.2, 0.25) is 0 Å². The average Bonchev–Trinajstić information content (AvgIpc) is 3.29. The first-order valence-electron chi connectivity index (χ1n) is 11.2. The van der Waals surface area contributed by atoms with E-state index in [1.807, 2.05) is 13.0 Å². The zero-order valence-electron chi connectivity index (χ0n) is 17.9. The lowest BCUT2D eigenvalue weighted by atomic mass is 9.82. The number of rotatable bonds is 0. The molecule has 6 nitrogen and oxygen atoms in total. The third kappa shape index (κ3) is 1.97. The molecule has 3 atom stereocenters. The summed E-state index contributed by atoms with van der Waals surface area (Å²) in [6, 6.07) is 3.25. The maximum atomic E-state index is 14.7. The Hall–Kier alpha value is -3.06. The highest BCUT2D eigenvalue weighted by Crippen LogP contribution is 2.58. The maximum absolute atomic E-state index is 14.7. The lowest BCUT2D eigenvalue weighted by Crippen LogP contribution is -2.37. The molecule has 0 bridgehead atoms. The van der Waals surface area contributed by atoms with Crippen LogP contribution in [-0.2, 0) is 34.5 Å². The van der Waals surface area contributed by atoms with Crippen molar-refractivity contribution in [3.05, 3.63) is 61.7 Å². The van der Waals surface area contributed by atoms with Crippen molar-refractivity contribution in [1.82, 2.24) is 9.55 Å². The van der Waals surface area contributed by atoms with E-state index in [9.17, 15) is 14.0 Å². The van der Waals surface area contributed by atoms with Crippen molar-refractivity contribution >= 4 is 16.9 Å². The minimum absolute atomic E-state index is 0.00836. The fourth-order valence-electron chi connectivity index (χ4n) is 6.38. The minimum Gasteiger partial charge on any atom is -0.460 e. The highest BCUT2D eigenvalue weighted by Gasteiger charge is 2.63. The van der Waals surface area contributed by atoms with E-state index in [0.717, 1.165) is 40.5 Å². The first-order valence-corrected chi connectivity index (χ1v) is 11.2. The Morgan fingerprint density at radius 1 is 1.25 bits per heavy atom. The Balaban J connectivity index is 1.56. The lowest BCUT2D eigenvalue weighted by molar-refractivity contribution is -0.150. The van der Waals surface area contributed by atoms with Gasteiger partial charge < -0.3 is 15.0 Å². The fourth-order valence-corrected chi connectivity index (χ4v) is 6.38. The van der Waals surface area contributed by atoms with Crippen molar-refractivity contribution in [3.63, 3.8) is 0 Å². The number of nitrogens with zero attached hydrogens (tertiary/aromatic N) is 2. The normalized spacial score (nSPS) is 26.7. The zero-order chi connectivity index (χ0) is 22.1. The second kappa shape index (κ2) is 5.64. The van der Waals surface area contributed by atoms with E-state index in [0.29, 0.717) is 41.0 Å². The van der Waals surface area contributed by atoms with Crippen molar-refractivity contribution in [2.75, 3.05) is 0 Å². The highest BCUT2D eigenvalue weighted by atomic mass is 19.1. The molecule has 7 rings (SSSR count). The number of ether oxygens (including phenoxy) is 1. The van der Waals surface area contributed by atoms with Crippen LogP contribution in [0, 0.1) is 18.7 Å². The van der Waals surface area contributed by atoms with Crippen LogP contribution in [0.2, 0.25) is 0 Å². The van der Waals surface area contributed by atoms with Gasteiger partial charge in [0.1, 0.15) is 12.4 Å². The number of nitrogens with two attached hydrogens (primary N) is 1. The molecule has 0 radical (unpaired) electrons. The summed E-state index contributed by atoms with van der Waals surface area (Å²) in [5.74, 6) is -0.377. The summed E-state index contributed by atoms with van der Waals surface area (Å²) in [6.07, 6.45) is 2.13. The van der Waals surface area contributed by atoms with Gasteiger partial charge in [-0.15, -0.1) is 0 Å². The highest BCUT2D eigenvalue weighted by molar-refractivity contribution is 5.94. The minimum atomic E-state index is -0.719. The van der Waals surface area contributed by atoms with Crippen molar-refractivity contribution in [2.45, 2.75) is 57.7 Å². The Morgan fingerprint density at radius 3 is 2.78 bits per heavy atom. The summed E-state index contributed by atoms with van der Waals surface area (Å²) in [4.78, 5) is 31.0. The van der Waals surface area contributed by atoms with Crippen LogP contribution in [-0.4, -0.2) is 15.5 Å². The van der Waals surface area contributed by atoms with Crippen LogP contribution in [0.25, 0.3) is 22.3 Å². The van der Waals surface area contributed by atoms with E-state index < -0.39 is 5.41 Å². The molecule has 2 aliphatic carbocycles. The molecule has 4 aliphatic rings. The SMILES string of the molecule is Cc1c(F)cc2nc3c(c4c2c1CC[C@@H]4N)Cn1c-3cc2c(c1=O)COC(=O)C21CC1C. The van der Waals surface area contributed by atoms with E-state index in [2.05, 4.69) is 0 Å². The molecule has 0 amide bonds. The first kappa shape index (κ1) is 18.5. The van der Waals surface area contributed by atoms with Crippen LogP contribution in [0.1, 0.15) is 59.2 Å². The third-order valence-electron chi connectivity index (χ3n) is 8.28. The molecule has 1 spiro atoms. The molecule has 4 heterocycles. The Morgan fingerprint density at radius 2 is 2.03 bits per heavy atom. The Kier molecular flexibility index (Phi) is 3.26. The number of pyridine rings is 2. The number of carbonyl (C=O) groups excluding carboxylic acids is 1. The largest absolute Gasteiger partial charge is 0.460 e. The number of halogens is 1. The van der Waals surface area contributed by atoms with Gasteiger partial charge in [-0.05, 0) is 60.4 Å². The van der Waals surface area contributed by atoms with Gasteiger partial charge in [-0.25, -0.2) is 9.37 Å². The summed E-state index contributed by atoms with van der Waals surface area (Å²) in [5.41, 5.74) is 12.6. The number of aromatic nitrogens is 2. The van der Waals surface area contributed by atoms with Crippen LogP contribution in [0.15, 0.2) is 16.9 Å². The summed E-state index contributed by atoms with van der Waals surface area (Å²) >= 11 is 0. The number of carbonyl (C=O) groups is 1. The quantitative estimate of drug-likeness (QED) is 0.432. The number of cyclic esters (lactones) is 1. The van der Waals surface area contributed by atoms with Gasteiger partial charge >= 0.3 is 5.97 Å². The van der Waals surface area contributed by atoms with Gasteiger partial charge in [0.15, 0.2) is 0 Å². The number of hydrogen-bond donors (Lipinski definition) is 1. The predicted molar refractivity (Wildman–Crippen MR) is 116 cm³/mol. The van der Waals surface area contributed by atoms with Crippen molar-refractivity contribution in [1.29, 1.82) is 0 Å². The molecule has 2 N–H and O–H groups in total. The van der Waals surface area contributed by atoms with E-state index in [1.165, 1.54) is 6.07 Å². The first-order chi connectivity index (χ1) is 15.3. The van der Waals surface area contributed by atoms with Crippen LogP contribution in [0.5, 0.6) is 0 Å². The molecule has 1 fully saturated rings. The van der Waals surface area contributed by atoms with E-state index >= 15 is 0 Å². The summed E-state index contributed by atoms with van der Waals surface area (Å²) < 4.78 is 21.8. The molecule has 7 heteroatoms. The number of fused-ring (bicyclic) bond motifs is 6. The Bertz CT molecular complexity index is 1490. The second-order valence-corrected chi connectivity index (χ2v) is 9.82. The summed E-state index contributed by atoms with van der Waals surface area (Å²) in [5, 5.41) is 0.942. The molecule has 0 saturated heterocycles. The van der Waals surface area contributed by atoms with Crippen LogP contribution >= 0.6 is 0 Å². The van der Waals surface area contributed by atoms with Crippen LogP contribution in [0.3, 0.4) is 0 Å². The Labute approximate surface area is 183 Å². The number of aryl methyl sites for hydroxylation is 1. The van der Waals surface area contributed by atoms with Gasteiger partial charge in [-0.2, -0.15) is 0 Å². The number of esters is 1. The van der Waals surface area contributed by atoms with Gasteiger partial charge in [-0.1, -0.05) is 6.92 Å². The van der Waals surface area contributed by atoms with E-state index in [1.54, 1.807) is 11.5 Å². The molecule has 2 aromatic heterocycles. The number of hydrogen-bond acceptors (Lipinski definition) is 5. The predicted octanol–water partition coefficient (Wildman–Crippen LogP) is 3.15. The molecule has 32 heavy (non-hydrogen) atoms. The van der Waals surface area contributed by atoms with Crippen LogP contribution < -0.4 is 11.3 Å². The average molecular weight is 431 g/mol. The topological polar surface area (TPSA) is 87.2 Å². The maximum Gasteiger partial charge on any atom is 0.317 e. The van der Waals surface area contributed by atoms with Crippen molar-refractivity contribution in [2.24, 2.45) is 11.7 Å². The van der Waals surface area contributed by atoms with E-state index in [-0.39, 0.29) is 35.9 Å². The summed E-state index contributed by atoms with van der Waals surface area (Å²) in [6.45, 7) is 4.21. The standard InChI is InChI=1S/C25H22FN3O3/c1-10-7-25(10)15-5-19-22-13(8-29(19)23(30)14(15)9-32-24(25)31)20-17(27)4-3-12-11(2)16(26)6-18(28-22)21(12)20/h5-6,10,17H,3-4,7-9,27H2,1-2H3/t10?,17-,25?/m0/s1. The van der Waals surface area contributed by atoms with Gasteiger partial charge in [0.25, 0.3) is 5.56 Å². The molecule has 3 aromatic rings. The second-order valence-electron chi connectivity index (χ2n) is 9.82. The number of benzene rings is 1. The molecule has 2 unspecified atom stereocenters. The van der Waals surface area contributed by atoms with Crippen molar-refractivity contribution in [3.8, 4) is 11.4 Å². The van der Waals surface area contributed by atoms with Crippen molar-refractivity contribution < 1.29 is 13.9 Å². The monoisotopic (exact) mass is 431 g/mol. The zero-order valence-corrected chi connectivity index (χ0v) is 17.9. The fraction of sp³-hybridized carbons (Fsp3) is 0.400. The molecule has 1 aromatic carbocycles. The molecule has 162 valence electrons. The third-order valence-corrected chi connectivity index (χ3v) is 8.28. The smallest absolute Gasteiger partial charge is 0.317 e. The molecular weight excluding hydrogens is 409 g/mol. The molecule has 1 saturated carbocycles. The molecular formula is C25H22FN3O3. The van der Waals surface area contributed by atoms with E-state index in [4.69, 9.17) is 15.5 Å². The van der Waals surface area contributed by atoms with Gasteiger partial charge in [-0.3, -0.25) is 9.59 Å². The summed E-state index contributed by atoms with van der Waals surface area (Å²) in [7, 11) is 0. The van der Waals surface area contributed by atoms with Crippen LogP contribution in [0.4, 0.5) is 4.39 Å². The molecule has 2 aliphatic heterocycles. The van der Waals surface area contributed by atoms with Gasteiger partial charge in [0, 0.05) is 23.1 Å².